The standard InChI is InChI=1S/C14H21N3O4/c1-8-4-11(18)17(12(19)5-8)10(13-14(20)21-13)6-9(16-3)7-15-2/h7-8,10,13-14,16,20H,2,4-6H2,1,3H3/b9-7-. The Balaban J connectivity index is 2.20. The van der Waals surface area contributed by atoms with Gasteiger partial charge < -0.3 is 15.2 Å². The van der Waals surface area contributed by atoms with E-state index in [1.807, 2.05) is 6.92 Å². The first-order valence-electron chi connectivity index (χ1n) is 6.99. The number of carbonyl (C=O) groups excluding carboxylic acids is 2. The molecule has 116 valence electrons. The number of epoxide rings is 1. The molecule has 0 aromatic rings. The van der Waals surface area contributed by atoms with Crippen molar-refractivity contribution in [3.63, 3.8) is 0 Å². The summed E-state index contributed by atoms with van der Waals surface area (Å²) in [4.78, 5) is 29.4. The van der Waals surface area contributed by atoms with Crippen LogP contribution in [0.2, 0.25) is 0 Å². The van der Waals surface area contributed by atoms with E-state index in [-0.39, 0.29) is 17.7 Å². The molecule has 0 spiro atoms. The van der Waals surface area contributed by atoms with Crippen LogP contribution in [-0.4, -0.2) is 54.0 Å². The number of imide groups is 1. The molecule has 0 radical (unpaired) electrons. The van der Waals surface area contributed by atoms with Crippen molar-refractivity contribution < 1.29 is 19.4 Å². The number of likely N-dealkylation sites (tertiary alicyclic amines) is 1. The lowest BCUT2D eigenvalue weighted by atomic mass is 9.94. The molecule has 3 unspecified atom stereocenters. The fourth-order valence-corrected chi connectivity index (χ4v) is 2.68. The molecular formula is C14H21N3O4. The van der Waals surface area contributed by atoms with Gasteiger partial charge in [-0.3, -0.25) is 19.5 Å². The normalized spacial score (nSPS) is 28.5. The van der Waals surface area contributed by atoms with Crippen molar-refractivity contribution in [2.75, 3.05) is 7.05 Å². The third-order valence-electron chi connectivity index (χ3n) is 3.79. The number of hydrogen-bond donors (Lipinski definition) is 2. The van der Waals surface area contributed by atoms with Gasteiger partial charge in [0.25, 0.3) is 0 Å². The average Bonchev–Trinajstić information content (AvgIpc) is 3.12. The SMILES string of the molecule is C=N/C=C(/CC(C1OC1O)N1C(=O)CC(C)CC1=O)NC. The van der Waals surface area contributed by atoms with Gasteiger partial charge in [0.15, 0.2) is 6.29 Å². The summed E-state index contributed by atoms with van der Waals surface area (Å²) in [6.07, 6.45) is 1.09. The Morgan fingerprint density at radius 3 is 2.57 bits per heavy atom. The Morgan fingerprint density at radius 1 is 1.57 bits per heavy atom. The number of nitrogens with one attached hydrogen (secondary N) is 1. The number of nitrogens with zero attached hydrogens (tertiary/aromatic N) is 2. The number of piperidine rings is 1. The molecule has 0 aromatic carbocycles. The molecule has 2 amide bonds. The molecule has 2 rings (SSSR count). The second kappa shape index (κ2) is 6.36. The number of ether oxygens (including phenoxy) is 1. The number of hydrogen-bond acceptors (Lipinski definition) is 6. The van der Waals surface area contributed by atoms with Gasteiger partial charge in [-0.05, 0) is 12.6 Å². The minimum atomic E-state index is -0.926. The number of aliphatic hydroxyl groups is 1. The molecule has 0 aliphatic carbocycles. The first kappa shape index (κ1) is 15.7. The Hall–Kier alpha value is -1.73. The minimum absolute atomic E-state index is 0.0566. The van der Waals surface area contributed by atoms with E-state index in [0.29, 0.717) is 19.3 Å². The van der Waals surface area contributed by atoms with Gasteiger partial charge in [0.2, 0.25) is 11.8 Å². The highest BCUT2D eigenvalue weighted by molar-refractivity contribution is 5.98. The molecular weight excluding hydrogens is 274 g/mol. The maximum absolute atomic E-state index is 12.2. The molecule has 21 heavy (non-hydrogen) atoms. The molecule has 2 aliphatic heterocycles. The van der Waals surface area contributed by atoms with Crippen LogP contribution < -0.4 is 5.32 Å². The smallest absolute Gasteiger partial charge is 0.229 e. The van der Waals surface area contributed by atoms with Crippen molar-refractivity contribution >= 4 is 18.5 Å². The Morgan fingerprint density at radius 2 is 2.14 bits per heavy atom. The van der Waals surface area contributed by atoms with Crippen molar-refractivity contribution in [2.45, 2.75) is 44.6 Å². The van der Waals surface area contributed by atoms with Crippen molar-refractivity contribution in [3.8, 4) is 0 Å². The van der Waals surface area contributed by atoms with Crippen molar-refractivity contribution in [2.24, 2.45) is 10.9 Å². The second-order valence-electron chi connectivity index (χ2n) is 5.52. The summed E-state index contributed by atoms with van der Waals surface area (Å²) in [5.74, 6) is -0.372. The van der Waals surface area contributed by atoms with Crippen LogP contribution >= 0.6 is 0 Å². The first-order chi connectivity index (χ1) is 9.97. The summed E-state index contributed by atoms with van der Waals surface area (Å²) in [7, 11) is 1.72. The summed E-state index contributed by atoms with van der Waals surface area (Å²) in [6.45, 7) is 5.27. The largest absolute Gasteiger partial charge is 0.390 e. The van der Waals surface area contributed by atoms with Gasteiger partial charge >= 0.3 is 0 Å². The molecule has 7 nitrogen and oxygen atoms in total. The maximum Gasteiger partial charge on any atom is 0.229 e. The van der Waals surface area contributed by atoms with Gasteiger partial charge in [-0.15, -0.1) is 0 Å². The molecule has 2 aliphatic rings. The van der Waals surface area contributed by atoms with Crippen molar-refractivity contribution in [1.29, 1.82) is 0 Å². The van der Waals surface area contributed by atoms with E-state index >= 15 is 0 Å². The summed E-state index contributed by atoms with van der Waals surface area (Å²) in [6, 6.07) is -0.520. The van der Waals surface area contributed by atoms with E-state index in [4.69, 9.17) is 4.74 Å². The summed E-state index contributed by atoms with van der Waals surface area (Å²) < 4.78 is 5.09. The molecule has 7 heteroatoms. The molecule has 3 atom stereocenters. The highest BCUT2D eigenvalue weighted by atomic mass is 16.7. The fraction of sp³-hybridized carbons (Fsp3) is 0.643. The maximum atomic E-state index is 12.2. The molecule has 0 aromatic heterocycles. The van der Waals surface area contributed by atoms with E-state index in [1.54, 1.807) is 7.05 Å². The van der Waals surface area contributed by atoms with Crippen LogP contribution in [-0.2, 0) is 14.3 Å². The van der Waals surface area contributed by atoms with E-state index in [2.05, 4.69) is 17.0 Å². The summed E-state index contributed by atoms with van der Waals surface area (Å²) >= 11 is 0. The van der Waals surface area contributed by atoms with Crippen molar-refractivity contribution in [3.05, 3.63) is 11.9 Å². The van der Waals surface area contributed by atoms with Crippen molar-refractivity contribution in [1.82, 2.24) is 10.2 Å². The van der Waals surface area contributed by atoms with E-state index in [9.17, 15) is 14.7 Å². The van der Waals surface area contributed by atoms with Gasteiger partial charge in [0, 0.05) is 38.2 Å². The predicted molar refractivity (Wildman–Crippen MR) is 76.2 cm³/mol. The van der Waals surface area contributed by atoms with Crippen LogP contribution in [0.4, 0.5) is 0 Å². The number of amides is 2. The topological polar surface area (TPSA) is 94.5 Å². The molecule has 2 fully saturated rings. The Kier molecular flexibility index (Phi) is 4.74. The van der Waals surface area contributed by atoms with Gasteiger partial charge in [0.1, 0.15) is 6.10 Å². The molecule has 0 bridgehead atoms. The summed E-state index contributed by atoms with van der Waals surface area (Å²) in [5, 5.41) is 12.5. The van der Waals surface area contributed by atoms with Gasteiger partial charge in [-0.2, -0.15) is 0 Å². The van der Waals surface area contributed by atoms with Gasteiger partial charge in [-0.1, -0.05) is 6.92 Å². The number of aliphatic imine (C=N–C) groups is 1. The van der Waals surface area contributed by atoms with Gasteiger partial charge in [0.05, 0.1) is 6.04 Å². The average molecular weight is 295 g/mol. The second-order valence-corrected chi connectivity index (χ2v) is 5.52. The van der Waals surface area contributed by atoms with Crippen LogP contribution in [0.5, 0.6) is 0 Å². The Labute approximate surface area is 123 Å². The van der Waals surface area contributed by atoms with Crippen LogP contribution in [0.3, 0.4) is 0 Å². The van der Waals surface area contributed by atoms with Crippen LogP contribution in [0.25, 0.3) is 0 Å². The monoisotopic (exact) mass is 295 g/mol. The minimum Gasteiger partial charge on any atom is -0.390 e. The number of aliphatic hydroxyl groups excluding tert-OH is 1. The lowest BCUT2D eigenvalue weighted by Gasteiger charge is -2.34. The lowest BCUT2D eigenvalue weighted by Crippen LogP contribution is -2.51. The molecule has 2 heterocycles. The zero-order chi connectivity index (χ0) is 15.6. The number of carbonyl (C=O) groups is 2. The summed E-state index contributed by atoms with van der Waals surface area (Å²) in [5.41, 5.74) is 0.719. The molecule has 2 N–H and O–H groups in total. The highest BCUT2D eigenvalue weighted by Crippen LogP contribution is 2.33. The van der Waals surface area contributed by atoms with Crippen LogP contribution in [0.1, 0.15) is 26.2 Å². The quantitative estimate of drug-likeness (QED) is 0.409. The zero-order valence-corrected chi connectivity index (χ0v) is 12.3. The van der Waals surface area contributed by atoms with Gasteiger partial charge in [-0.25, -0.2) is 0 Å². The van der Waals surface area contributed by atoms with Crippen LogP contribution in [0, 0.1) is 5.92 Å². The fourth-order valence-electron chi connectivity index (χ4n) is 2.68. The number of rotatable bonds is 6. The first-order valence-corrected chi connectivity index (χ1v) is 6.99. The lowest BCUT2D eigenvalue weighted by molar-refractivity contribution is -0.153. The van der Waals surface area contributed by atoms with Crippen LogP contribution in [0.15, 0.2) is 16.9 Å². The Bertz CT molecular complexity index is 459. The molecule has 2 saturated heterocycles. The highest BCUT2D eigenvalue weighted by Gasteiger charge is 2.50. The third-order valence-corrected chi connectivity index (χ3v) is 3.79. The van der Waals surface area contributed by atoms with E-state index in [1.165, 1.54) is 11.1 Å². The molecule has 0 saturated carbocycles. The van der Waals surface area contributed by atoms with E-state index < -0.39 is 18.4 Å². The van der Waals surface area contributed by atoms with E-state index in [0.717, 1.165) is 5.70 Å². The zero-order valence-electron chi connectivity index (χ0n) is 12.3. The predicted octanol–water partition coefficient (Wildman–Crippen LogP) is 0.00880. The third kappa shape index (κ3) is 3.48.